The molecule has 3 N–H and O–H groups in total. The van der Waals surface area contributed by atoms with Crippen molar-refractivity contribution < 1.29 is 8.42 Å². The van der Waals surface area contributed by atoms with E-state index < -0.39 is 10.0 Å². The van der Waals surface area contributed by atoms with Gasteiger partial charge in [0.05, 0.1) is 10.0 Å². The van der Waals surface area contributed by atoms with E-state index in [1.807, 2.05) is 0 Å². The van der Waals surface area contributed by atoms with Crippen LogP contribution in [0, 0.1) is 5.92 Å². The highest BCUT2D eigenvalue weighted by Crippen LogP contribution is 2.36. The van der Waals surface area contributed by atoms with Gasteiger partial charge in [-0.1, -0.05) is 23.2 Å². The average molecular weight is 425 g/mol. The van der Waals surface area contributed by atoms with Crippen LogP contribution in [0.15, 0.2) is 21.5 Å². The van der Waals surface area contributed by atoms with Crippen LogP contribution >= 0.6 is 51.5 Å². The number of nitrogens with one attached hydrogen (secondary N) is 1. The number of halogens is 4. The summed E-state index contributed by atoms with van der Waals surface area (Å²) in [6.45, 7) is 0.270. The zero-order chi connectivity index (χ0) is 14.2. The van der Waals surface area contributed by atoms with E-state index in [-0.39, 0.29) is 39.9 Å². The summed E-state index contributed by atoms with van der Waals surface area (Å²) in [5.41, 5.74) is 5.60. The predicted octanol–water partition coefficient (Wildman–Crippen LogP) is 3.19. The van der Waals surface area contributed by atoms with Gasteiger partial charge in [-0.25, -0.2) is 13.1 Å². The van der Waals surface area contributed by atoms with Crippen molar-refractivity contribution in [1.82, 2.24) is 4.72 Å². The number of hydrogen-bond acceptors (Lipinski definition) is 3. The van der Waals surface area contributed by atoms with E-state index in [0.29, 0.717) is 10.4 Å². The molecule has 0 spiro atoms. The number of hydrogen-bond donors (Lipinski definition) is 2. The monoisotopic (exact) mass is 422 g/mol. The Balaban J connectivity index is 0.00000200. The topological polar surface area (TPSA) is 72.2 Å². The molecule has 1 saturated carbocycles. The van der Waals surface area contributed by atoms with Crippen molar-refractivity contribution in [1.29, 1.82) is 0 Å². The molecule has 0 bridgehead atoms. The maximum absolute atomic E-state index is 12.3. The van der Waals surface area contributed by atoms with Crippen molar-refractivity contribution in [2.75, 3.05) is 6.54 Å². The normalized spacial score (nSPS) is 16.6. The van der Waals surface area contributed by atoms with Crippen LogP contribution in [-0.2, 0) is 10.0 Å². The summed E-state index contributed by atoms with van der Waals surface area (Å²) in [7, 11) is -3.71. The van der Waals surface area contributed by atoms with Gasteiger partial charge in [0.15, 0.2) is 0 Å². The lowest BCUT2D eigenvalue weighted by Gasteiger charge is -2.17. The minimum Gasteiger partial charge on any atom is -0.329 e. The Hall–Kier alpha value is 0.440. The van der Waals surface area contributed by atoms with E-state index >= 15 is 0 Å². The van der Waals surface area contributed by atoms with Crippen LogP contribution in [0.25, 0.3) is 0 Å². The summed E-state index contributed by atoms with van der Waals surface area (Å²) in [5, 5.41) is 0.190. The fourth-order valence-electron chi connectivity index (χ4n) is 1.81. The third-order valence-electron chi connectivity index (χ3n) is 3.04. The summed E-state index contributed by atoms with van der Waals surface area (Å²) < 4.78 is 27.7. The van der Waals surface area contributed by atoms with Crippen LogP contribution in [0.2, 0.25) is 10.0 Å². The molecule has 1 fully saturated rings. The van der Waals surface area contributed by atoms with Gasteiger partial charge in [0.25, 0.3) is 0 Å². The standard InChI is InChI=1S/C11H13BrCl2N2O2S.ClH/c12-7-3-4-9(11(14)10(7)13)19(17,18)16-8(5-15)6-1-2-6;/h3-4,6,8,16H,1-2,5,15H2;1H. The molecule has 0 heterocycles. The Morgan fingerprint density at radius 2 is 1.95 bits per heavy atom. The van der Waals surface area contributed by atoms with E-state index in [9.17, 15) is 8.42 Å². The van der Waals surface area contributed by atoms with E-state index in [1.54, 1.807) is 6.07 Å². The molecule has 0 saturated heterocycles. The second-order valence-electron chi connectivity index (χ2n) is 4.47. The van der Waals surface area contributed by atoms with E-state index in [2.05, 4.69) is 20.7 Å². The molecule has 4 nitrogen and oxygen atoms in total. The predicted molar refractivity (Wildman–Crippen MR) is 87.3 cm³/mol. The summed E-state index contributed by atoms with van der Waals surface area (Å²) in [4.78, 5) is -0.0264. The molecule has 1 aliphatic carbocycles. The van der Waals surface area contributed by atoms with Gasteiger partial charge in [-0.2, -0.15) is 0 Å². The third-order valence-corrected chi connectivity index (χ3v) is 6.46. The summed E-state index contributed by atoms with van der Waals surface area (Å²) in [6.07, 6.45) is 2.00. The molecule has 9 heteroatoms. The molecular formula is C11H14BrCl3N2O2S. The number of rotatable bonds is 5. The summed E-state index contributed by atoms with van der Waals surface area (Å²) in [5.74, 6) is 0.324. The van der Waals surface area contributed by atoms with Crippen LogP contribution in [-0.4, -0.2) is 21.0 Å². The Bertz CT molecular complexity index is 594. The molecule has 0 aromatic heterocycles. The Labute approximate surface area is 143 Å². The van der Waals surface area contributed by atoms with Crippen molar-refractivity contribution in [3.05, 3.63) is 26.7 Å². The smallest absolute Gasteiger partial charge is 0.242 e. The fraction of sp³-hybridized carbons (Fsp3) is 0.455. The minimum atomic E-state index is -3.71. The van der Waals surface area contributed by atoms with Crippen LogP contribution in [0.3, 0.4) is 0 Å². The first-order chi connectivity index (χ1) is 8.86. The molecule has 1 aromatic carbocycles. The molecule has 1 aromatic rings. The molecule has 0 amide bonds. The highest BCUT2D eigenvalue weighted by molar-refractivity contribution is 9.10. The number of benzene rings is 1. The van der Waals surface area contributed by atoms with Crippen molar-refractivity contribution in [3.63, 3.8) is 0 Å². The van der Waals surface area contributed by atoms with Crippen molar-refractivity contribution >= 4 is 61.6 Å². The van der Waals surface area contributed by atoms with Gasteiger partial charge < -0.3 is 5.73 Å². The highest BCUT2D eigenvalue weighted by Gasteiger charge is 2.34. The largest absolute Gasteiger partial charge is 0.329 e. The van der Waals surface area contributed by atoms with Gasteiger partial charge in [0, 0.05) is 17.1 Å². The first-order valence-electron chi connectivity index (χ1n) is 5.72. The van der Waals surface area contributed by atoms with E-state index in [0.717, 1.165) is 12.8 Å². The Kier molecular flexibility index (Phi) is 6.59. The van der Waals surface area contributed by atoms with Gasteiger partial charge in [-0.3, -0.25) is 0 Å². The lowest BCUT2D eigenvalue weighted by molar-refractivity contribution is 0.519. The molecule has 1 unspecified atom stereocenters. The van der Waals surface area contributed by atoms with Crippen molar-refractivity contribution in [3.8, 4) is 0 Å². The molecular weight excluding hydrogens is 410 g/mol. The van der Waals surface area contributed by atoms with Crippen LogP contribution in [0.1, 0.15) is 12.8 Å². The highest BCUT2D eigenvalue weighted by atomic mass is 79.9. The minimum absolute atomic E-state index is 0. The Morgan fingerprint density at radius 1 is 1.35 bits per heavy atom. The second-order valence-corrected chi connectivity index (χ2v) is 7.77. The van der Waals surface area contributed by atoms with Gasteiger partial charge in [0.1, 0.15) is 4.90 Å². The molecule has 114 valence electrons. The van der Waals surface area contributed by atoms with Crippen LogP contribution in [0.4, 0.5) is 0 Å². The third kappa shape index (κ3) is 4.00. The van der Waals surface area contributed by atoms with E-state index in [1.165, 1.54) is 6.07 Å². The quantitative estimate of drug-likeness (QED) is 0.713. The van der Waals surface area contributed by atoms with Gasteiger partial charge >= 0.3 is 0 Å². The SMILES string of the molecule is Cl.NCC(NS(=O)(=O)c1ccc(Br)c(Cl)c1Cl)C1CC1. The number of nitrogens with two attached hydrogens (primary N) is 1. The maximum atomic E-state index is 12.3. The fourth-order valence-corrected chi connectivity index (χ4v) is 4.35. The van der Waals surface area contributed by atoms with Crippen molar-refractivity contribution in [2.24, 2.45) is 11.7 Å². The zero-order valence-electron chi connectivity index (χ0n) is 10.3. The zero-order valence-corrected chi connectivity index (χ0v) is 15.0. The molecule has 20 heavy (non-hydrogen) atoms. The van der Waals surface area contributed by atoms with Gasteiger partial charge in [0.2, 0.25) is 10.0 Å². The Morgan fingerprint density at radius 3 is 2.45 bits per heavy atom. The first kappa shape index (κ1) is 18.5. The van der Waals surface area contributed by atoms with Crippen LogP contribution < -0.4 is 10.5 Å². The first-order valence-corrected chi connectivity index (χ1v) is 8.76. The van der Waals surface area contributed by atoms with E-state index in [4.69, 9.17) is 28.9 Å². The summed E-state index contributed by atoms with van der Waals surface area (Å²) >= 11 is 15.1. The average Bonchev–Trinajstić information content (AvgIpc) is 3.17. The van der Waals surface area contributed by atoms with Gasteiger partial charge in [-0.05, 0) is 46.8 Å². The molecule has 0 aliphatic heterocycles. The van der Waals surface area contributed by atoms with Crippen LogP contribution in [0.5, 0.6) is 0 Å². The van der Waals surface area contributed by atoms with Crippen molar-refractivity contribution in [2.45, 2.75) is 23.8 Å². The number of sulfonamides is 1. The second kappa shape index (κ2) is 7.13. The molecule has 1 aliphatic rings. The molecule has 2 rings (SSSR count). The molecule has 0 radical (unpaired) electrons. The molecule has 1 atom stereocenters. The summed E-state index contributed by atoms with van der Waals surface area (Å²) in [6, 6.07) is 2.72. The van der Waals surface area contributed by atoms with Gasteiger partial charge in [-0.15, -0.1) is 12.4 Å². The lowest BCUT2D eigenvalue weighted by Crippen LogP contribution is -2.41. The maximum Gasteiger partial charge on any atom is 0.242 e. The lowest BCUT2D eigenvalue weighted by atomic mass is 10.2.